The molecule has 0 aromatic heterocycles. The number of amides is 2. The van der Waals surface area contributed by atoms with E-state index in [9.17, 15) is 18.0 Å². The zero-order valence-corrected chi connectivity index (χ0v) is 26.1. The summed E-state index contributed by atoms with van der Waals surface area (Å²) in [5.74, 6) is -0.0652. The predicted octanol–water partition coefficient (Wildman–Crippen LogP) is 4.48. The van der Waals surface area contributed by atoms with E-state index < -0.39 is 28.5 Å². The van der Waals surface area contributed by atoms with Crippen molar-refractivity contribution in [2.24, 2.45) is 0 Å². The van der Waals surface area contributed by atoms with Crippen LogP contribution in [0.5, 0.6) is 11.5 Å². The van der Waals surface area contributed by atoms with Crippen molar-refractivity contribution in [1.82, 2.24) is 10.2 Å². The van der Waals surface area contributed by atoms with Gasteiger partial charge in [0.05, 0.1) is 11.4 Å². The molecule has 4 rings (SSSR count). The number of rotatable bonds is 13. The quantitative estimate of drug-likeness (QED) is 0.307. The second kappa shape index (κ2) is 14.4. The minimum absolute atomic E-state index is 0.100. The Kier molecular flexibility index (Phi) is 10.7. The van der Waals surface area contributed by atoms with Gasteiger partial charge in [0.1, 0.15) is 25.8 Å². The number of fused-ring (bicyclic) bond motifs is 1. The van der Waals surface area contributed by atoms with Crippen molar-refractivity contribution in [3.05, 3.63) is 89.5 Å². The summed E-state index contributed by atoms with van der Waals surface area (Å²) in [6, 6.07) is 21.1. The van der Waals surface area contributed by atoms with Crippen LogP contribution in [0.4, 0.5) is 5.69 Å². The molecule has 10 heteroatoms. The van der Waals surface area contributed by atoms with E-state index in [1.54, 1.807) is 18.2 Å². The predicted molar refractivity (Wildman–Crippen MR) is 168 cm³/mol. The van der Waals surface area contributed by atoms with Gasteiger partial charge in [0.15, 0.2) is 11.5 Å². The number of sulfonamides is 1. The van der Waals surface area contributed by atoms with Gasteiger partial charge >= 0.3 is 0 Å². The highest BCUT2D eigenvalue weighted by Gasteiger charge is 2.34. The second-order valence-electron chi connectivity index (χ2n) is 10.8. The molecule has 0 saturated carbocycles. The Hall–Kier alpha value is -4.05. The van der Waals surface area contributed by atoms with Gasteiger partial charge in [0, 0.05) is 25.1 Å². The van der Waals surface area contributed by atoms with Crippen LogP contribution in [-0.4, -0.2) is 62.7 Å². The Bertz CT molecular complexity index is 1490. The topological polar surface area (TPSA) is 105 Å². The van der Waals surface area contributed by atoms with Crippen molar-refractivity contribution >= 4 is 27.5 Å². The highest BCUT2D eigenvalue weighted by molar-refractivity contribution is 7.92. The highest BCUT2D eigenvalue weighted by Crippen LogP contribution is 2.35. The zero-order chi connectivity index (χ0) is 31.0. The lowest BCUT2D eigenvalue weighted by atomic mass is 10.0. The average Bonchev–Trinajstić information content (AvgIpc) is 3.02. The molecule has 0 bridgehead atoms. The highest BCUT2D eigenvalue weighted by atomic mass is 32.2. The minimum Gasteiger partial charge on any atom is -0.486 e. The van der Waals surface area contributed by atoms with E-state index in [4.69, 9.17) is 9.47 Å². The lowest BCUT2D eigenvalue weighted by molar-refractivity contribution is -0.140. The van der Waals surface area contributed by atoms with Gasteiger partial charge < -0.3 is 19.7 Å². The fourth-order valence-electron chi connectivity index (χ4n) is 4.79. The molecule has 1 N–H and O–H groups in total. The van der Waals surface area contributed by atoms with Crippen molar-refractivity contribution in [3.63, 3.8) is 0 Å². The first-order chi connectivity index (χ1) is 20.6. The van der Waals surface area contributed by atoms with Gasteiger partial charge in [-0.05, 0) is 50.5 Å². The monoisotopic (exact) mass is 607 g/mol. The molecule has 1 aliphatic heterocycles. The van der Waals surface area contributed by atoms with Gasteiger partial charge in [-0.15, -0.1) is 0 Å². The molecular formula is C33H41N3O6S. The van der Waals surface area contributed by atoms with Crippen LogP contribution in [0.15, 0.2) is 72.8 Å². The molecule has 1 heterocycles. The van der Waals surface area contributed by atoms with Crippen LogP contribution in [0.3, 0.4) is 0 Å². The number of aryl methyl sites for hydroxylation is 1. The Morgan fingerprint density at radius 1 is 0.907 bits per heavy atom. The second-order valence-corrected chi connectivity index (χ2v) is 12.9. The number of ether oxygens (including phenoxy) is 2. The van der Waals surface area contributed by atoms with Crippen LogP contribution >= 0.6 is 0 Å². The molecular weight excluding hydrogens is 566 g/mol. The smallest absolute Gasteiger partial charge is 0.244 e. The molecule has 3 aromatic carbocycles. The van der Waals surface area contributed by atoms with E-state index in [1.807, 2.05) is 75.4 Å². The largest absolute Gasteiger partial charge is 0.486 e. The zero-order valence-electron chi connectivity index (χ0n) is 25.3. The number of carbonyl (C=O) groups is 2. The fourth-order valence-corrected chi connectivity index (χ4v) is 5.85. The standard InChI is InChI=1S/C33H41N3O6S/c1-5-25(4)34-33(38)29(20-26-10-8-7-9-11-26)35(22-27-14-12-24(3)13-15-27)32(37)23-36(43(39,40)6-2)28-16-17-30-31(21-28)42-19-18-41-30/h7-17,21,25,29H,5-6,18-20,22-23H2,1-4H3,(H,34,38)/t25-,29+/m0/s1. The summed E-state index contributed by atoms with van der Waals surface area (Å²) in [5, 5.41) is 3.05. The van der Waals surface area contributed by atoms with Gasteiger partial charge in [-0.3, -0.25) is 13.9 Å². The third-order valence-corrected chi connectivity index (χ3v) is 9.28. The fraction of sp³-hybridized carbons (Fsp3) is 0.394. The number of anilines is 1. The molecule has 0 saturated heterocycles. The lowest BCUT2D eigenvalue weighted by Crippen LogP contribution is -2.54. The molecule has 230 valence electrons. The van der Waals surface area contributed by atoms with Crippen LogP contribution in [0, 0.1) is 6.92 Å². The summed E-state index contributed by atoms with van der Waals surface area (Å²) in [5.41, 5.74) is 3.07. The van der Waals surface area contributed by atoms with E-state index in [0.717, 1.165) is 27.4 Å². The molecule has 2 amide bonds. The van der Waals surface area contributed by atoms with E-state index in [2.05, 4.69) is 5.32 Å². The van der Waals surface area contributed by atoms with Gasteiger partial charge in [0.2, 0.25) is 21.8 Å². The number of benzene rings is 3. The van der Waals surface area contributed by atoms with Crippen LogP contribution in [-0.2, 0) is 32.6 Å². The van der Waals surface area contributed by atoms with E-state index in [0.29, 0.717) is 30.4 Å². The summed E-state index contributed by atoms with van der Waals surface area (Å²) >= 11 is 0. The van der Waals surface area contributed by atoms with Gasteiger partial charge in [-0.1, -0.05) is 67.1 Å². The maximum atomic E-state index is 14.3. The average molecular weight is 608 g/mol. The molecule has 0 radical (unpaired) electrons. The third-order valence-electron chi connectivity index (χ3n) is 7.54. The van der Waals surface area contributed by atoms with Crippen LogP contribution in [0.2, 0.25) is 0 Å². The molecule has 3 aromatic rings. The van der Waals surface area contributed by atoms with Crippen LogP contribution in [0.25, 0.3) is 0 Å². The Labute approximate surface area is 254 Å². The molecule has 0 fully saturated rings. The first-order valence-corrected chi connectivity index (χ1v) is 16.3. The molecule has 2 atom stereocenters. The molecule has 0 aliphatic carbocycles. The number of carbonyl (C=O) groups excluding carboxylic acids is 2. The number of hydrogen-bond donors (Lipinski definition) is 1. The van der Waals surface area contributed by atoms with Gasteiger partial charge in [-0.25, -0.2) is 8.42 Å². The van der Waals surface area contributed by atoms with Crippen LogP contribution in [0.1, 0.15) is 43.9 Å². The molecule has 1 aliphatic rings. The van der Waals surface area contributed by atoms with Crippen LogP contribution < -0.4 is 19.1 Å². The summed E-state index contributed by atoms with van der Waals surface area (Å²) in [6.45, 7) is 7.80. The van der Waals surface area contributed by atoms with Crippen molar-refractivity contribution in [1.29, 1.82) is 0 Å². The summed E-state index contributed by atoms with van der Waals surface area (Å²) < 4.78 is 39.2. The normalized spacial score (nSPS) is 14.0. The van der Waals surface area contributed by atoms with Gasteiger partial charge in [0.25, 0.3) is 0 Å². The molecule has 0 spiro atoms. The van der Waals surface area contributed by atoms with E-state index in [1.165, 1.54) is 11.8 Å². The number of nitrogens with one attached hydrogen (secondary N) is 1. The summed E-state index contributed by atoms with van der Waals surface area (Å²) in [7, 11) is -3.89. The number of hydrogen-bond acceptors (Lipinski definition) is 6. The Balaban J connectivity index is 1.75. The maximum absolute atomic E-state index is 14.3. The lowest BCUT2D eigenvalue weighted by Gasteiger charge is -2.34. The summed E-state index contributed by atoms with van der Waals surface area (Å²) in [4.78, 5) is 29.6. The SMILES string of the molecule is CC[C@H](C)NC(=O)[C@@H](Cc1ccccc1)N(Cc1ccc(C)cc1)C(=O)CN(c1ccc2c(c1)OCCO2)S(=O)(=O)CC. The van der Waals surface area contributed by atoms with E-state index >= 15 is 0 Å². The first kappa shape index (κ1) is 31.9. The van der Waals surface area contributed by atoms with Crippen molar-refractivity contribution in [3.8, 4) is 11.5 Å². The minimum atomic E-state index is -3.89. The third kappa shape index (κ3) is 8.28. The van der Waals surface area contributed by atoms with Crippen molar-refractivity contribution < 1.29 is 27.5 Å². The summed E-state index contributed by atoms with van der Waals surface area (Å²) in [6.07, 6.45) is 0.994. The number of nitrogens with zero attached hydrogens (tertiary/aromatic N) is 2. The van der Waals surface area contributed by atoms with Gasteiger partial charge in [-0.2, -0.15) is 0 Å². The van der Waals surface area contributed by atoms with E-state index in [-0.39, 0.29) is 30.7 Å². The van der Waals surface area contributed by atoms with Crippen molar-refractivity contribution in [2.75, 3.05) is 29.8 Å². The Morgan fingerprint density at radius 2 is 1.58 bits per heavy atom. The molecule has 43 heavy (non-hydrogen) atoms. The van der Waals surface area contributed by atoms with Crippen molar-refractivity contribution in [2.45, 2.75) is 59.2 Å². The molecule has 0 unspecified atom stereocenters. The maximum Gasteiger partial charge on any atom is 0.244 e. The molecule has 9 nitrogen and oxygen atoms in total. The first-order valence-electron chi connectivity index (χ1n) is 14.7. The Morgan fingerprint density at radius 3 is 2.23 bits per heavy atom.